The van der Waals surface area contributed by atoms with E-state index in [4.69, 9.17) is 4.74 Å². The molecule has 0 aromatic rings. The summed E-state index contributed by atoms with van der Waals surface area (Å²) < 4.78 is 5.93. The monoisotopic (exact) mass is 185 g/mol. The minimum atomic E-state index is 0.0207. The molecule has 1 aliphatic rings. The average molecular weight is 185 g/mol. The van der Waals surface area contributed by atoms with Crippen molar-refractivity contribution in [1.82, 2.24) is 4.90 Å². The van der Waals surface area contributed by atoms with E-state index in [-0.39, 0.29) is 5.60 Å². The van der Waals surface area contributed by atoms with E-state index in [1.165, 1.54) is 25.9 Å². The first-order valence-corrected chi connectivity index (χ1v) is 5.41. The topological polar surface area (TPSA) is 12.5 Å². The summed E-state index contributed by atoms with van der Waals surface area (Å²) in [5.41, 5.74) is 0.0207. The Morgan fingerprint density at radius 1 is 1.38 bits per heavy atom. The molecule has 1 rings (SSSR count). The maximum atomic E-state index is 5.93. The predicted molar refractivity (Wildman–Crippen MR) is 56.0 cm³/mol. The second kappa shape index (κ2) is 4.43. The SMILES string of the molecule is CCCN1CCC(OC(C)(C)C)C1. The largest absolute Gasteiger partial charge is 0.371 e. The van der Waals surface area contributed by atoms with Crippen LogP contribution in [-0.4, -0.2) is 36.2 Å². The molecule has 0 aliphatic carbocycles. The minimum Gasteiger partial charge on any atom is -0.371 e. The van der Waals surface area contributed by atoms with Gasteiger partial charge < -0.3 is 9.64 Å². The fraction of sp³-hybridized carbons (Fsp3) is 1.00. The van der Waals surface area contributed by atoms with Gasteiger partial charge >= 0.3 is 0 Å². The molecule has 0 aromatic carbocycles. The van der Waals surface area contributed by atoms with Crippen molar-refractivity contribution in [1.29, 1.82) is 0 Å². The van der Waals surface area contributed by atoms with Gasteiger partial charge in [0.2, 0.25) is 0 Å². The molecule has 2 nitrogen and oxygen atoms in total. The van der Waals surface area contributed by atoms with E-state index in [2.05, 4.69) is 32.6 Å². The molecule has 1 heterocycles. The third-order valence-electron chi connectivity index (χ3n) is 2.29. The van der Waals surface area contributed by atoms with Gasteiger partial charge in [0.25, 0.3) is 0 Å². The lowest BCUT2D eigenvalue weighted by atomic mass is 10.2. The van der Waals surface area contributed by atoms with Gasteiger partial charge in [-0.25, -0.2) is 0 Å². The van der Waals surface area contributed by atoms with Gasteiger partial charge in [0.05, 0.1) is 11.7 Å². The van der Waals surface area contributed by atoms with Gasteiger partial charge in [-0.05, 0) is 40.2 Å². The summed E-state index contributed by atoms with van der Waals surface area (Å²) in [7, 11) is 0. The summed E-state index contributed by atoms with van der Waals surface area (Å²) >= 11 is 0. The maximum absolute atomic E-state index is 5.93. The van der Waals surface area contributed by atoms with Gasteiger partial charge in [-0.15, -0.1) is 0 Å². The van der Waals surface area contributed by atoms with E-state index in [0.717, 1.165) is 6.54 Å². The minimum absolute atomic E-state index is 0.0207. The molecule has 1 saturated heterocycles. The lowest BCUT2D eigenvalue weighted by Crippen LogP contribution is -2.30. The molecule has 0 saturated carbocycles. The Kier molecular flexibility index (Phi) is 3.74. The second-order valence-corrected chi connectivity index (χ2v) is 4.94. The van der Waals surface area contributed by atoms with E-state index in [1.807, 2.05) is 0 Å². The summed E-state index contributed by atoms with van der Waals surface area (Å²) in [5.74, 6) is 0. The number of ether oxygens (including phenoxy) is 1. The Labute approximate surface area is 82.3 Å². The van der Waals surface area contributed by atoms with Crippen molar-refractivity contribution in [3.05, 3.63) is 0 Å². The van der Waals surface area contributed by atoms with Crippen molar-refractivity contribution in [2.24, 2.45) is 0 Å². The lowest BCUT2D eigenvalue weighted by Gasteiger charge is -2.25. The van der Waals surface area contributed by atoms with Crippen LogP contribution in [0.15, 0.2) is 0 Å². The zero-order valence-electron chi connectivity index (χ0n) is 9.47. The number of likely N-dealkylation sites (tertiary alicyclic amines) is 1. The van der Waals surface area contributed by atoms with Crippen LogP contribution in [0.1, 0.15) is 40.5 Å². The molecule has 1 fully saturated rings. The number of hydrogen-bond acceptors (Lipinski definition) is 2. The number of nitrogens with zero attached hydrogens (tertiary/aromatic N) is 1. The molecule has 1 aliphatic heterocycles. The van der Waals surface area contributed by atoms with Crippen LogP contribution in [0.25, 0.3) is 0 Å². The summed E-state index contributed by atoms with van der Waals surface area (Å²) in [5, 5.41) is 0. The van der Waals surface area contributed by atoms with Crippen LogP contribution in [0.5, 0.6) is 0 Å². The average Bonchev–Trinajstić information content (AvgIpc) is 2.33. The van der Waals surface area contributed by atoms with Crippen molar-refractivity contribution in [3.63, 3.8) is 0 Å². The normalized spacial score (nSPS) is 25.4. The van der Waals surface area contributed by atoms with Crippen LogP contribution in [0, 0.1) is 0 Å². The molecule has 0 N–H and O–H groups in total. The highest BCUT2D eigenvalue weighted by atomic mass is 16.5. The van der Waals surface area contributed by atoms with Crippen LogP contribution < -0.4 is 0 Å². The van der Waals surface area contributed by atoms with Crippen LogP contribution >= 0.6 is 0 Å². The Bertz CT molecular complexity index is 151. The van der Waals surface area contributed by atoms with Crippen LogP contribution in [0.2, 0.25) is 0 Å². The van der Waals surface area contributed by atoms with Crippen molar-refractivity contribution >= 4 is 0 Å². The zero-order valence-corrected chi connectivity index (χ0v) is 9.47. The first-order valence-electron chi connectivity index (χ1n) is 5.41. The molecule has 0 radical (unpaired) electrons. The van der Waals surface area contributed by atoms with E-state index in [1.54, 1.807) is 0 Å². The van der Waals surface area contributed by atoms with E-state index >= 15 is 0 Å². The molecule has 1 atom stereocenters. The first kappa shape index (κ1) is 11.0. The Morgan fingerprint density at radius 2 is 2.08 bits per heavy atom. The van der Waals surface area contributed by atoms with Gasteiger partial charge in [0.15, 0.2) is 0 Å². The van der Waals surface area contributed by atoms with Crippen LogP contribution in [-0.2, 0) is 4.74 Å². The number of hydrogen-bond donors (Lipinski definition) is 0. The molecular weight excluding hydrogens is 162 g/mol. The Morgan fingerprint density at radius 3 is 2.62 bits per heavy atom. The van der Waals surface area contributed by atoms with Crippen molar-refractivity contribution in [2.45, 2.75) is 52.2 Å². The highest BCUT2D eigenvalue weighted by Gasteiger charge is 2.26. The molecular formula is C11H23NO. The molecule has 0 amide bonds. The third-order valence-corrected chi connectivity index (χ3v) is 2.29. The maximum Gasteiger partial charge on any atom is 0.0721 e. The molecule has 0 bridgehead atoms. The molecule has 2 heteroatoms. The van der Waals surface area contributed by atoms with Gasteiger partial charge in [0.1, 0.15) is 0 Å². The van der Waals surface area contributed by atoms with Gasteiger partial charge in [-0.2, -0.15) is 0 Å². The zero-order chi connectivity index (χ0) is 9.90. The van der Waals surface area contributed by atoms with Gasteiger partial charge in [0, 0.05) is 13.1 Å². The third kappa shape index (κ3) is 4.10. The summed E-state index contributed by atoms with van der Waals surface area (Å²) in [6.07, 6.45) is 2.92. The Balaban J connectivity index is 2.25. The highest BCUT2D eigenvalue weighted by Crippen LogP contribution is 2.19. The van der Waals surface area contributed by atoms with Gasteiger partial charge in [-0.3, -0.25) is 0 Å². The van der Waals surface area contributed by atoms with E-state index in [9.17, 15) is 0 Å². The van der Waals surface area contributed by atoms with Crippen LogP contribution in [0.4, 0.5) is 0 Å². The lowest BCUT2D eigenvalue weighted by molar-refractivity contribution is -0.0538. The highest BCUT2D eigenvalue weighted by molar-refractivity contribution is 4.78. The standard InChI is InChI=1S/C11H23NO/c1-5-7-12-8-6-10(9-12)13-11(2,3)4/h10H,5-9H2,1-4H3. The van der Waals surface area contributed by atoms with Gasteiger partial charge in [-0.1, -0.05) is 6.92 Å². The predicted octanol–water partition coefficient (Wildman–Crippen LogP) is 2.29. The van der Waals surface area contributed by atoms with Crippen molar-refractivity contribution < 1.29 is 4.74 Å². The summed E-state index contributed by atoms with van der Waals surface area (Å²) in [6.45, 7) is 12.2. The first-order chi connectivity index (χ1) is 6.01. The smallest absolute Gasteiger partial charge is 0.0721 e. The summed E-state index contributed by atoms with van der Waals surface area (Å²) in [4.78, 5) is 2.50. The molecule has 13 heavy (non-hydrogen) atoms. The van der Waals surface area contributed by atoms with E-state index < -0.39 is 0 Å². The molecule has 0 spiro atoms. The fourth-order valence-electron chi connectivity index (χ4n) is 1.91. The van der Waals surface area contributed by atoms with Crippen molar-refractivity contribution in [3.8, 4) is 0 Å². The molecule has 0 aromatic heterocycles. The molecule has 1 unspecified atom stereocenters. The van der Waals surface area contributed by atoms with E-state index in [0.29, 0.717) is 6.10 Å². The second-order valence-electron chi connectivity index (χ2n) is 4.94. The van der Waals surface area contributed by atoms with Crippen LogP contribution in [0.3, 0.4) is 0 Å². The Hall–Kier alpha value is -0.0800. The number of rotatable bonds is 3. The fourth-order valence-corrected chi connectivity index (χ4v) is 1.91. The quantitative estimate of drug-likeness (QED) is 0.669. The van der Waals surface area contributed by atoms with Crippen molar-refractivity contribution in [2.75, 3.05) is 19.6 Å². The molecule has 78 valence electrons. The summed E-state index contributed by atoms with van der Waals surface area (Å²) in [6, 6.07) is 0.